The molecule has 2 rings (SSSR count). The number of benzene rings is 1. The van der Waals surface area contributed by atoms with Crippen LogP contribution in [0.25, 0.3) is 0 Å². The van der Waals surface area contributed by atoms with Gasteiger partial charge in [0.2, 0.25) is 5.91 Å². The van der Waals surface area contributed by atoms with Crippen LogP contribution in [-0.2, 0) is 4.79 Å². The Bertz CT molecular complexity index is 621. The molecule has 0 spiro atoms. The van der Waals surface area contributed by atoms with Gasteiger partial charge in [0.1, 0.15) is 0 Å². The van der Waals surface area contributed by atoms with Crippen LogP contribution in [-0.4, -0.2) is 67.0 Å². The van der Waals surface area contributed by atoms with Crippen LogP contribution in [0.1, 0.15) is 52.1 Å². The SMILES string of the molecule is CCNC(=NCC(c1ccccc1)N(CC)CC)NC1CCN(C(=O)CC)C1.I. The van der Waals surface area contributed by atoms with Crippen molar-refractivity contribution >= 4 is 35.8 Å². The van der Waals surface area contributed by atoms with Gasteiger partial charge in [-0.25, -0.2) is 0 Å². The number of nitrogens with one attached hydrogen (secondary N) is 2. The van der Waals surface area contributed by atoms with Crippen LogP contribution in [0, 0.1) is 0 Å². The van der Waals surface area contributed by atoms with Crippen molar-refractivity contribution in [3.05, 3.63) is 35.9 Å². The van der Waals surface area contributed by atoms with Gasteiger partial charge in [-0.15, -0.1) is 24.0 Å². The van der Waals surface area contributed by atoms with Crippen molar-refractivity contribution in [2.45, 2.75) is 52.6 Å². The van der Waals surface area contributed by atoms with Gasteiger partial charge in [0.05, 0.1) is 12.6 Å². The van der Waals surface area contributed by atoms with Crippen LogP contribution in [0.4, 0.5) is 0 Å². The normalized spacial score (nSPS) is 17.8. The monoisotopic (exact) mass is 515 g/mol. The molecule has 0 radical (unpaired) electrons. The minimum Gasteiger partial charge on any atom is -0.357 e. The number of carbonyl (C=O) groups excluding carboxylic acids is 1. The van der Waals surface area contributed by atoms with E-state index >= 15 is 0 Å². The number of rotatable bonds is 9. The topological polar surface area (TPSA) is 60.0 Å². The fraction of sp³-hybridized carbons (Fsp3) is 0.636. The molecular weight excluding hydrogens is 477 g/mol. The number of guanidine groups is 1. The second-order valence-corrected chi connectivity index (χ2v) is 7.19. The van der Waals surface area contributed by atoms with E-state index in [1.807, 2.05) is 11.8 Å². The maximum atomic E-state index is 11.9. The molecule has 1 aromatic carbocycles. The summed E-state index contributed by atoms with van der Waals surface area (Å²) >= 11 is 0. The molecule has 7 heteroatoms. The summed E-state index contributed by atoms with van der Waals surface area (Å²) in [6.07, 6.45) is 1.54. The van der Waals surface area contributed by atoms with E-state index in [4.69, 9.17) is 4.99 Å². The quantitative estimate of drug-likeness (QED) is 0.301. The molecule has 1 amide bonds. The molecular formula is C22H38IN5O. The predicted octanol–water partition coefficient (Wildman–Crippen LogP) is 3.25. The molecule has 29 heavy (non-hydrogen) atoms. The van der Waals surface area contributed by atoms with E-state index in [1.54, 1.807) is 0 Å². The van der Waals surface area contributed by atoms with Gasteiger partial charge in [0.25, 0.3) is 0 Å². The van der Waals surface area contributed by atoms with Crippen molar-refractivity contribution in [2.24, 2.45) is 4.99 Å². The third-order valence-corrected chi connectivity index (χ3v) is 5.39. The average Bonchev–Trinajstić information content (AvgIpc) is 3.19. The smallest absolute Gasteiger partial charge is 0.222 e. The summed E-state index contributed by atoms with van der Waals surface area (Å²) in [7, 11) is 0. The van der Waals surface area contributed by atoms with E-state index in [0.29, 0.717) is 13.0 Å². The number of nitrogens with zero attached hydrogens (tertiary/aromatic N) is 3. The van der Waals surface area contributed by atoms with E-state index in [9.17, 15) is 4.79 Å². The molecule has 1 saturated heterocycles. The predicted molar refractivity (Wildman–Crippen MR) is 132 cm³/mol. The highest BCUT2D eigenvalue weighted by Gasteiger charge is 2.26. The summed E-state index contributed by atoms with van der Waals surface area (Å²) in [4.78, 5) is 21.2. The van der Waals surface area contributed by atoms with Crippen LogP contribution < -0.4 is 10.6 Å². The number of carbonyl (C=O) groups is 1. The van der Waals surface area contributed by atoms with Crippen LogP contribution in [0.3, 0.4) is 0 Å². The molecule has 1 heterocycles. The number of likely N-dealkylation sites (tertiary alicyclic amines) is 1. The fourth-order valence-corrected chi connectivity index (χ4v) is 3.79. The number of hydrogen-bond donors (Lipinski definition) is 2. The van der Waals surface area contributed by atoms with Gasteiger partial charge in [0.15, 0.2) is 5.96 Å². The van der Waals surface area contributed by atoms with E-state index in [1.165, 1.54) is 5.56 Å². The Labute approximate surface area is 193 Å². The lowest BCUT2D eigenvalue weighted by Crippen LogP contribution is -2.45. The Kier molecular flexibility index (Phi) is 12.2. The second-order valence-electron chi connectivity index (χ2n) is 7.19. The van der Waals surface area contributed by atoms with Crippen LogP contribution >= 0.6 is 24.0 Å². The molecule has 164 valence electrons. The molecule has 0 aromatic heterocycles. The Morgan fingerprint density at radius 3 is 2.48 bits per heavy atom. The van der Waals surface area contributed by atoms with Crippen molar-refractivity contribution in [1.29, 1.82) is 0 Å². The number of aliphatic imine (C=N–C) groups is 1. The molecule has 1 fully saturated rings. The molecule has 0 aliphatic carbocycles. The van der Waals surface area contributed by atoms with Gasteiger partial charge in [-0.3, -0.25) is 14.7 Å². The Hall–Kier alpha value is -1.35. The van der Waals surface area contributed by atoms with Crippen molar-refractivity contribution in [3.63, 3.8) is 0 Å². The first-order valence-electron chi connectivity index (χ1n) is 10.7. The molecule has 2 N–H and O–H groups in total. The molecule has 0 saturated carbocycles. The van der Waals surface area contributed by atoms with Gasteiger partial charge >= 0.3 is 0 Å². The molecule has 1 aliphatic rings. The van der Waals surface area contributed by atoms with Crippen LogP contribution in [0.15, 0.2) is 35.3 Å². The zero-order valence-corrected chi connectivity index (χ0v) is 20.7. The average molecular weight is 515 g/mol. The molecule has 1 aromatic rings. The summed E-state index contributed by atoms with van der Waals surface area (Å²) in [5.74, 6) is 1.07. The third kappa shape index (κ3) is 7.77. The lowest BCUT2D eigenvalue weighted by molar-refractivity contribution is -0.129. The van der Waals surface area contributed by atoms with E-state index < -0.39 is 0 Å². The highest BCUT2D eigenvalue weighted by molar-refractivity contribution is 14.0. The fourth-order valence-electron chi connectivity index (χ4n) is 3.79. The lowest BCUT2D eigenvalue weighted by Gasteiger charge is -2.29. The number of likely N-dealkylation sites (N-methyl/N-ethyl adjacent to an activating group) is 1. The molecule has 2 atom stereocenters. The maximum absolute atomic E-state index is 11.9. The Balaban J connectivity index is 0.00000420. The largest absolute Gasteiger partial charge is 0.357 e. The first-order valence-corrected chi connectivity index (χ1v) is 10.7. The van der Waals surface area contributed by atoms with Gasteiger partial charge in [-0.2, -0.15) is 0 Å². The van der Waals surface area contributed by atoms with Gasteiger partial charge < -0.3 is 15.5 Å². The van der Waals surface area contributed by atoms with Crippen LogP contribution in [0.5, 0.6) is 0 Å². The summed E-state index contributed by atoms with van der Waals surface area (Å²) in [6.45, 7) is 13.5. The maximum Gasteiger partial charge on any atom is 0.222 e. The van der Waals surface area contributed by atoms with E-state index in [2.05, 4.69) is 66.6 Å². The summed E-state index contributed by atoms with van der Waals surface area (Å²) in [5.41, 5.74) is 1.30. The first-order chi connectivity index (χ1) is 13.6. The summed E-state index contributed by atoms with van der Waals surface area (Å²) in [6, 6.07) is 11.1. The van der Waals surface area contributed by atoms with E-state index in [-0.39, 0.29) is 42.0 Å². The number of hydrogen-bond acceptors (Lipinski definition) is 3. The van der Waals surface area contributed by atoms with Crippen molar-refractivity contribution in [1.82, 2.24) is 20.4 Å². The summed E-state index contributed by atoms with van der Waals surface area (Å²) in [5, 5.41) is 6.90. The Morgan fingerprint density at radius 1 is 1.21 bits per heavy atom. The van der Waals surface area contributed by atoms with E-state index in [0.717, 1.165) is 45.1 Å². The minimum absolute atomic E-state index is 0. The molecule has 6 nitrogen and oxygen atoms in total. The molecule has 0 bridgehead atoms. The molecule has 2 unspecified atom stereocenters. The van der Waals surface area contributed by atoms with Gasteiger partial charge in [0, 0.05) is 32.1 Å². The minimum atomic E-state index is 0. The number of halogens is 1. The second kappa shape index (κ2) is 13.8. The van der Waals surface area contributed by atoms with Gasteiger partial charge in [-0.1, -0.05) is 51.1 Å². The molecule has 1 aliphatic heterocycles. The van der Waals surface area contributed by atoms with Crippen molar-refractivity contribution < 1.29 is 4.79 Å². The summed E-state index contributed by atoms with van der Waals surface area (Å²) < 4.78 is 0. The third-order valence-electron chi connectivity index (χ3n) is 5.39. The standard InChI is InChI=1S/C22H37N5O.HI/c1-5-21(28)27-15-14-19(17-27)25-22(23-6-2)24-16-20(26(7-3)8-4)18-12-10-9-11-13-18;/h9-13,19-20H,5-8,14-17H2,1-4H3,(H2,23,24,25);1H. The van der Waals surface area contributed by atoms with Crippen molar-refractivity contribution in [2.75, 3.05) is 39.3 Å². The highest BCUT2D eigenvalue weighted by atomic mass is 127. The van der Waals surface area contributed by atoms with Gasteiger partial charge in [-0.05, 0) is 32.0 Å². The number of amides is 1. The highest BCUT2D eigenvalue weighted by Crippen LogP contribution is 2.20. The van der Waals surface area contributed by atoms with Crippen LogP contribution in [0.2, 0.25) is 0 Å². The zero-order chi connectivity index (χ0) is 20.4. The van der Waals surface area contributed by atoms with Crippen molar-refractivity contribution in [3.8, 4) is 0 Å². The Morgan fingerprint density at radius 2 is 1.90 bits per heavy atom. The lowest BCUT2D eigenvalue weighted by atomic mass is 10.1. The first kappa shape index (κ1) is 25.7. The zero-order valence-electron chi connectivity index (χ0n) is 18.4.